The van der Waals surface area contributed by atoms with Crippen molar-refractivity contribution < 1.29 is 0 Å². The molecule has 0 fully saturated rings. The lowest BCUT2D eigenvalue weighted by Gasteiger charge is -2.06. The monoisotopic (exact) mass is 398 g/mol. The Hall–Kier alpha value is -2.83. The highest BCUT2D eigenvalue weighted by Crippen LogP contribution is 2.31. The van der Waals surface area contributed by atoms with Gasteiger partial charge in [-0.05, 0) is 36.6 Å². The minimum absolute atomic E-state index is 0.0647. The number of anilines is 1. The quantitative estimate of drug-likeness (QED) is 0.459. The maximum Gasteiger partial charge on any atom is 0.221 e. The zero-order valence-electron chi connectivity index (χ0n) is 14.2. The zero-order chi connectivity index (χ0) is 19.1. The first-order valence-corrected chi connectivity index (χ1v) is 9.04. The minimum atomic E-state index is 0.0647. The molecular formula is C19H16Cl2N6. The molecule has 2 aromatic carbocycles. The largest absolute Gasteiger partial charge is 0.384 e. The molecule has 0 bridgehead atoms. The molecule has 1 heterocycles. The second kappa shape index (κ2) is 6.72. The molecule has 8 heteroatoms. The van der Waals surface area contributed by atoms with Crippen LogP contribution in [-0.2, 0) is 6.42 Å². The van der Waals surface area contributed by atoms with E-state index >= 15 is 0 Å². The molecule has 0 amide bonds. The van der Waals surface area contributed by atoms with Crippen LogP contribution in [0.4, 0.5) is 5.95 Å². The molecular weight excluding hydrogens is 383 g/mol. The molecule has 0 radical (unpaired) electrons. The van der Waals surface area contributed by atoms with Gasteiger partial charge in [-0.1, -0.05) is 41.4 Å². The predicted octanol–water partition coefficient (Wildman–Crippen LogP) is 3.92. The fourth-order valence-electron chi connectivity index (χ4n) is 3.28. The molecule has 4 rings (SSSR count). The van der Waals surface area contributed by atoms with Crippen molar-refractivity contribution in [1.29, 1.82) is 5.41 Å². The van der Waals surface area contributed by atoms with Crippen molar-refractivity contribution in [3.8, 4) is 11.3 Å². The Morgan fingerprint density at radius 3 is 2.70 bits per heavy atom. The maximum absolute atomic E-state index is 7.74. The van der Waals surface area contributed by atoms with Gasteiger partial charge in [-0.25, -0.2) is 9.66 Å². The van der Waals surface area contributed by atoms with Crippen molar-refractivity contribution in [1.82, 2.24) is 9.66 Å². The van der Waals surface area contributed by atoms with Crippen molar-refractivity contribution in [2.75, 3.05) is 5.73 Å². The van der Waals surface area contributed by atoms with Crippen LogP contribution >= 0.6 is 23.2 Å². The summed E-state index contributed by atoms with van der Waals surface area (Å²) < 4.78 is 1.55. The van der Waals surface area contributed by atoms with Crippen molar-refractivity contribution >= 4 is 40.7 Å². The topological polar surface area (TPSA) is 106 Å². The molecule has 6 nitrogen and oxygen atoms in total. The van der Waals surface area contributed by atoms with Gasteiger partial charge in [0.15, 0.2) is 0 Å². The van der Waals surface area contributed by atoms with Crippen LogP contribution < -0.4 is 11.5 Å². The van der Waals surface area contributed by atoms with E-state index in [1.165, 1.54) is 0 Å². The van der Waals surface area contributed by atoms with Gasteiger partial charge in [-0.3, -0.25) is 5.41 Å². The second-order valence-corrected chi connectivity index (χ2v) is 7.09. The number of nitrogens with zero attached hydrogens (tertiary/aromatic N) is 3. The normalized spacial score (nSPS) is 14.5. The number of benzene rings is 2. The van der Waals surface area contributed by atoms with Crippen LogP contribution in [0.3, 0.4) is 0 Å². The summed E-state index contributed by atoms with van der Waals surface area (Å²) in [7, 11) is 0. The van der Waals surface area contributed by atoms with Gasteiger partial charge in [-0.15, -0.1) is 0 Å². The Balaban J connectivity index is 1.74. The Bertz CT molecular complexity index is 1100. The smallest absolute Gasteiger partial charge is 0.221 e. The molecule has 136 valence electrons. The highest BCUT2D eigenvalue weighted by atomic mass is 35.5. The van der Waals surface area contributed by atoms with E-state index in [1.54, 1.807) is 29.1 Å². The molecule has 3 aromatic rings. The van der Waals surface area contributed by atoms with Crippen LogP contribution in [0.1, 0.15) is 23.1 Å². The summed E-state index contributed by atoms with van der Waals surface area (Å²) in [5.74, 6) is 0.328. The van der Waals surface area contributed by atoms with E-state index in [-0.39, 0.29) is 11.8 Å². The first kappa shape index (κ1) is 17.6. The Labute approximate surface area is 165 Å². The molecule has 0 aliphatic heterocycles. The summed E-state index contributed by atoms with van der Waals surface area (Å²) in [6.45, 7) is 0. The molecule has 27 heavy (non-hydrogen) atoms. The van der Waals surface area contributed by atoms with Crippen LogP contribution in [0.25, 0.3) is 11.3 Å². The number of aromatic nitrogens is 2. The van der Waals surface area contributed by atoms with E-state index in [9.17, 15) is 0 Å². The van der Waals surface area contributed by atoms with Gasteiger partial charge in [-0.2, -0.15) is 5.10 Å². The van der Waals surface area contributed by atoms with E-state index in [1.807, 2.05) is 18.2 Å². The van der Waals surface area contributed by atoms with Crippen molar-refractivity contribution in [3.63, 3.8) is 0 Å². The Kier molecular flexibility index (Phi) is 4.37. The predicted molar refractivity (Wildman–Crippen MR) is 110 cm³/mol. The number of fused-ring (bicyclic) bond motifs is 1. The first-order chi connectivity index (χ1) is 12.9. The number of halogens is 2. The Morgan fingerprint density at radius 2 is 1.96 bits per heavy atom. The molecule has 0 saturated heterocycles. The number of amidine groups is 1. The molecule has 0 unspecified atom stereocenters. The Morgan fingerprint density at radius 1 is 1.15 bits per heavy atom. The SMILES string of the molecule is N=C(N)c1cccc2c1CCC2=Nn1cc(-c2ccc(Cl)cc2Cl)nc1N. The fourth-order valence-corrected chi connectivity index (χ4v) is 3.79. The average molecular weight is 399 g/mol. The lowest BCUT2D eigenvalue weighted by atomic mass is 10.0. The third-order valence-electron chi connectivity index (χ3n) is 4.54. The summed E-state index contributed by atoms with van der Waals surface area (Å²) in [5, 5.41) is 13.5. The lowest BCUT2D eigenvalue weighted by molar-refractivity contribution is 0.883. The summed E-state index contributed by atoms with van der Waals surface area (Å²) in [5.41, 5.74) is 16.8. The van der Waals surface area contributed by atoms with Gasteiger partial charge >= 0.3 is 0 Å². The minimum Gasteiger partial charge on any atom is -0.384 e. The molecule has 0 saturated carbocycles. The number of imidazole rings is 1. The van der Waals surface area contributed by atoms with Crippen molar-refractivity contribution in [3.05, 3.63) is 69.3 Å². The third-order valence-corrected chi connectivity index (χ3v) is 5.09. The van der Waals surface area contributed by atoms with Crippen LogP contribution in [0.5, 0.6) is 0 Å². The highest BCUT2D eigenvalue weighted by Gasteiger charge is 2.22. The molecule has 0 spiro atoms. The van der Waals surface area contributed by atoms with E-state index in [4.69, 9.17) is 40.1 Å². The first-order valence-electron chi connectivity index (χ1n) is 8.29. The standard InChI is InChI=1S/C19H16Cl2N6/c20-10-4-5-14(15(21)8-10)17-9-27(19(24)25-17)26-16-7-6-11-12(16)2-1-3-13(11)18(22)23/h1-5,8-9H,6-7H2,(H3,22,23)(H2,24,25). The van der Waals surface area contributed by atoms with E-state index in [2.05, 4.69) is 10.1 Å². The number of hydrogen-bond donors (Lipinski definition) is 3. The van der Waals surface area contributed by atoms with E-state index in [0.717, 1.165) is 40.8 Å². The second-order valence-electron chi connectivity index (χ2n) is 6.25. The number of nitrogens with one attached hydrogen (secondary N) is 1. The summed E-state index contributed by atoms with van der Waals surface area (Å²) in [6, 6.07) is 10.9. The molecule has 1 aliphatic carbocycles. The summed E-state index contributed by atoms with van der Waals surface area (Å²) >= 11 is 12.2. The number of hydrogen-bond acceptors (Lipinski definition) is 4. The van der Waals surface area contributed by atoms with Gasteiger partial charge in [0, 0.05) is 21.7 Å². The van der Waals surface area contributed by atoms with Gasteiger partial charge < -0.3 is 11.5 Å². The van der Waals surface area contributed by atoms with Crippen LogP contribution in [0.2, 0.25) is 10.0 Å². The molecule has 0 atom stereocenters. The maximum atomic E-state index is 7.74. The van der Waals surface area contributed by atoms with Gasteiger partial charge in [0.2, 0.25) is 5.95 Å². The summed E-state index contributed by atoms with van der Waals surface area (Å²) in [4.78, 5) is 4.37. The van der Waals surface area contributed by atoms with Gasteiger partial charge in [0.25, 0.3) is 0 Å². The average Bonchev–Trinajstić information content (AvgIpc) is 3.19. The third kappa shape index (κ3) is 3.18. The van der Waals surface area contributed by atoms with Gasteiger partial charge in [0.1, 0.15) is 5.84 Å². The van der Waals surface area contributed by atoms with Crippen LogP contribution in [-0.4, -0.2) is 21.2 Å². The molecule has 1 aromatic heterocycles. The van der Waals surface area contributed by atoms with Crippen molar-refractivity contribution in [2.45, 2.75) is 12.8 Å². The van der Waals surface area contributed by atoms with Gasteiger partial charge in [0.05, 0.1) is 22.6 Å². The fraction of sp³-hybridized carbons (Fsp3) is 0.105. The lowest BCUT2D eigenvalue weighted by Crippen LogP contribution is -2.13. The molecule has 1 aliphatic rings. The van der Waals surface area contributed by atoms with E-state index in [0.29, 0.717) is 15.7 Å². The summed E-state index contributed by atoms with van der Waals surface area (Å²) in [6.07, 6.45) is 3.27. The highest BCUT2D eigenvalue weighted by molar-refractivity contribution is 6.36. The van der Waals surface area contributed by atoms with E-state index < -0.39 is 0 Å². The number of nitrogen functional groups attached to an aromatic ring is 2. The zero-order valence-corrected chi connectivity index (χ0v) is 15.7. The number of rotatable bonds is 3. The van der Waals surface area contributed by atoms with Crippen molar-refractivity contribution in [2.24, 2.45) is 10.8 Å². The number of nitrogens with two attached hydrogens (primary N) is 2. The van der Waals surface area contributed by atoms with Crippen LogP contribution in [0, 0.1) is 5.41 Å². The van der Waals surface area contributed by atoms with Crippen LogP contribution in [0.15, 0.2) is 47.7 Å². The molecule has 5 N–H and O–H groups in total.